The number of aliphatic imine (C=N–C) groups is 1. The van der Waals surface area contributed by atoms with Crippen LogP contribution in [0.25, 0.3) is 5.57 Å². The Hall–Kier alpha value is -3.39. The van der Waals surface area contributed by atoms with Gasteiger partial charge in [0.25, 0.3) is 11.8 Å². The molecule has 0 radical (unpaired) electrons. The van der Waals surface area contributed by atoms with E-state index in [-0.39, 0.29) is 24.1 Å². The summed E-state index contributed by atoms with van der Waals surface area (Å²) in [5, 5.41) is 3.11. The first-order chi connectivity index (χ1) is 17.1. The summed E-state index contributed by atoms with van der Waals surface area (Å²) in [5.41, 5.74) is 3.66. The lowest BCUT2D eigenvalue weighted by molar-refractivity contribution is -0.121. The minimum Gasteiger partial charge on any atom is -0.351 e. The van der Waals surface area contributed by atoms with E-state index >= 15 is 0 Å². The zero-order valence-corrected chi connectivity index (χ0v) is 20.3. The van der Waals surface area contributed by atoms with E-state index in [1.54, 1.807) is 24.3 Å². The number of rotatable bonds is 5. The predicted molar refractivity (Wildman–Crippen MR) is 139 cm³/mol. The minimum absolute atomic E-state index is 0.0224. The molecule has 1 atom stereocenters. The van der Waals surface area contributed by atoms with Gasteiger partial charge in [0, 0.05) is 43.9 Å². The highest BCUT2D eigenvalue weighted by Gasteiger charge is 2.33. The highest BCUT2D eigenvalue weighted by molar-refractivity contribution is 8.15. The van der Waals surface area contributed by atoms with Crippen molar-refractivity contribution >= 4 is 45.9 Å². The summed E-state index contributed by atoms with van der Waals surface area (Å²) in [5.74, 6) is -0.493. The van der Waals surface area contributed by atoms with E-state index in [0.717, 1.165) is 37.5 Å². The van der Waals surface area contributed by atoms with E-state index in [2.05, 4.69) is 33.4 Å². The second-order valence-corrected chi connectivity index (χ2v) is 10.1. The van der Waals surface area contributed by atoms with Gasteiger partial charge in [-0.15, -0.1) is 0 Å². The van der Waals surface area contributed by atoms with Crippen molar-refractivity contribution in [2.75, 3.05) is 31.5 Å². The summed E-state index contributed by atoms with van der Waals surface area (Å²) in [4.78, 5) is 45.8. The van der Waals surface area contributed by atoms with Gasteiger partial charge in [0.1, 0.15) is 5.25 Å². The molecule has 0 aliphatic carbocycles. The van der Waals surface area contributed by atoms with Gasteiger partial charge in [-0.25, -0.2) is 0 Å². The summed E-state index contributed by atoms with van der Waals surface area (Å²) in [7, 11) is 0. The molecule has 0 aromatic heterocycles. The maximum atomic E-state index is 12.9. The van der Waals surface area contributed by atoms with Crippen LogP contribution in [0.5, 0.6) is 0 Å². The van der Waals surface area contributed by atoms with E-state index < -0.39 is 5.25 Å². The molecule has 7 nitrogen and oxygen atoms in total. The Morgan fingerprint density at radius 3 is 2.43 bits per heavy atom. The quantitative estimate of drug-likeness (QED) is 0.687. The average Bonchev–Trinajstić information content (AvgIpc) is 3.55. The number of amidine groups is 1. The summed E-state index contributed by atoms with van der Waals surface area (Å²) < 4.78 is 0. The molecule has 1 unspecified atom stereocenters. The lowest BCUT2D eigenvalue weighted by atomic mass is 9.99. The van der Waals surface area contributed by atoms with Gasteiger partial charge in [-0.05, 0) is 54.7 Å². The van der Waals surface area contributed by atoms with E-state index in [4.69, 9.17) is 0 Å². The Kier molecular flexibility index (Phi) is 6.99. The zero-order valence-electron chi connectivity index (χ0n) is 19.5. The number of hydrogen-bond acceptors (Lipinski definition) is 5. The highest BCUT2D eigenvalue weighted by atomic mass is 32.2. The molecule has 2 aromatic rings. The maximum absolute atomic E-state index is 12.9. The minimum atomic E-state index is -0.473. The molecule has 0 spiro atoms. The Balaban J connectivity index is 1.12. The van der Waals surface area contributed by atoms with Crippen LogP contribution in [0.1, 0.15) is 41.6 Å². The number of hydrogen-bond donors (Lipinski definition) is 1. The number of likely N-dealkylation sites (tertiary alicyclic amines) is 1. The van der Waals surface area contributed by atoms with Gasteiger partial charge in [-0.2, -0.15) is 4.99 Å². The van der Waals surface area contributed by atoms with Gasteiger partial charge < -0.3 is 15.1 Å². The number of benzene rings is 2. The molecule has 3 amide bonds. The van der Waals surface area contributed by atoms with Crippen molar-refractivity contribution in [3.8, 4) is 0 Å². The Labute approximate surface area is 209 Å². The molecular weight excluding hydrogens is 460 g/mol. The monoisotopic (exact) mass is 488 g/mol. The van der Waals surface area contributed by atoms with Crippen molar-refractivity contribution in [2.45, 2.75) is 30.9 Å². The highest BCUT2D eigenvalue weighted by Crippen LogP contribution is 2.29. The Morgan fingerprint density at radius 2 is 1.74 bits per heavy atom. The molecule has 1 saturated heterocycles. The summed E-state index contributed by atoms with van der Waals surface area (Å²) in [6, 6.07) is 17.2. The topological polar surface area (TPSA) is 82.1 Å². The fraction of sp³-hybridized carbons (Fsp3) is 0.333. The van der Waals surface area contributed by atoms with Gasteiger partial charge in [0.15, 0.2) is 5.17 Å². The number of carbonyl (C=O) groups is 3. The summed E-state index contributed by atoms with van der Waals surface area (Å²) in [6.07, 6.45) is 5.24. The van der Waals surface area contributed by atoms with Crippen LogP contribution < -0.4 is 5.32 Å². The van der Waals surface area contributed by atoms with E-state index in [0.29, 0.717) is 24.3 Å². The van der Waals surface area contributed by atoms with Crippen molar-refractivity contribution in [1.82, 2.24) is 9.80 Å². The van der Waals surface area contributed by atoms with Crippen LogP contribution in [0.2, 0.25) is 0 Å². The van der Waals surface area contributed by atoms with Crippen LogP contribution >= 0.6 is 11.8 Å². The molecule has 35 heavy (non-hydrogen) atoms. The fourth-order valence-corrected chi connectivity index (χ4v) is 5.70. The van der Waals surface area contributed by atoms with Gasteiger partial charge in [0.05, 0.1) is 0 Å². The molecule has 2 aromatic carbocycles. The molecule has 3 aliphatic heterocycles. The lowest BCUT2D eigenvalue weighted by Gasteiger charge is -2.27. The molecule has 8 heteroatoms. The standard InChI is InChI=1S/C27H28N4O3S/c32-24(18-23-25(33)29-27(35-23)31-14-4-5-15-31)28-22-10-8-21(9-11-22)26(34)30-16-12-20(13-17-30)19-6-2-1-3-7-19/h1-3,6-12,23H,4-5,13-18H2,(H,28,32). The van der Waals surface area contributed by atoms with Crippen LogP contribution in [0, 0.1) is 0 Å². The molecule has 1 fully saturated rings. The number of nitrogens with one attached hydrogen (secondary N) is 1. The molecule has 5 rings (SSSR count). The first kappa shape index (κ1) is 23.4. The second-order valence-electron chi connectivity index (χ2n) is 8.96. The first-order valence-corrected chi connectivity index (χ1v) is 12.9. The van der Waals surface area contributed by atoms with Crippen molar-refractivity contribution in [3.63, 3.8) is 0 Å². The van der Waals surface area contributed by atoms with Gasteiger partial charge >= 0.3 is 0 Å². The van der Waals surface area contributed by atoms with Crippen molar-refractivity contribution in [2.24, 2.45) is 4.99 Å². The van der Waals surface area contributed by atoms with Crippen molar-refractivity contribution in [1.29, 1.82) is 0 Å². The van der Waals surface area contributed by atoms with Crippen molar-refractivity contribution in [3.05, 3.63) is 71.8 Å². The molecular formula is C27H28N4O3S. The number of nitrogens with zero attached hydrogens (tertiary/aromatic N) is 3. The smallest absolute Gasteiger partial charge is 0.262 e. The molecule has 3 heterocycles. The molecule has 0 saturated carbocycles. The van der Waals surface area contributed by atoms with E-state index in [1.165, 1.54) is 22.9 Å². The molecule has 180 valence electrons. The molecule has 0 bridgehead atoms. The number of amides is 3. The zero-order chi connectivity index (χ0) is 24.2. The molecule has 1 N–H and O–H groups in total. The fourth-order valence-electron chi connectivity index (χ4n) is 4.58. The van der Waals surface area contributed by atoms with Crippen molar-refractivity contribution < 1.29 is 14.4 Å². The van der Waals surface area contributed by atoms with Gasteiger partial charge in [-0.1, -0.05) is 48.2 Å². The lowest BCUT2D eigenvalue weighted by Crippen LogP contribution is -2.34. The Bertz CT molecular complexity index is 1170. The third-order valence-corrected chi connectivity index (χ3v) is 7.75. The average molecular weight is 489 g/mol. The first-order valence-electron chi connectivity index (χ1n) is 12.0. The number of thioether (sulfide) groups is 1. The van der Waals surface area contributed by atoms with Crippen LogP contribution in [-0.4, -0.2) is 64.1 Å². The van der Waals surface area contributed by atoms with Gasteiger partial charge in [0.2, 0.25) is 5.91 Å². The normalized spacial score (nSPS) is 20.0. The Morgan fingerprint density at radius 1 is 1.00 bits per heavy atom. The van der Waals surface area contributed by atoms with E-state index in [1.807, 2.05) is 23.1 Å². The predicted octanol–water partition coefficient (Wildman–Crippen LogP) is 4.04. The summed E-state index contributed by atoms with van der Waals surface area (Å²) in [6.45, 7) is 3.10. The van der Waals surface area contributed by atoms with E-state index in [9.17, 15) is 14.4 Å². The number of carbonyl (C=O) groups excluding carboxylic acids is 3. The van der Waals surface area contributed by atoms with Crippen LogP contribution in [-0.2, 0) is 9.59 Å². The maximum Gasteiger partial charge on any atom is 0.262 e. The van der Waals surface area contributed by atoms with Crippen LogP contribution in [0.15, 0.2) is 65.7 Å². The van der Waals surface area contributed by atoms with Gasteiger partial charge in [-0.3, -0.25) is 14.4 Å². The largest absolute Gasteiger partial charge is 0.351 e. The second kappa shape index (κ2) is 10.5. The van der Waals surface area contributed by atoms with Crippen LogP contribution in [0.4, 0.5) is 5.69 Å². The van der Waals surface area contributed by atoms with Crippen LogP contribution in [0.3, 0.4) is 0 Å². The SMILES string of the molecule is O=C(CC1SC(N2CCCC2)=NC1=O)Nc1ccc(C(=O)N2CC=C(c3ccccc3)CC2)cc1. The third-order valence-electron chi connectivity index (χ3n) is 6.53. The third kappa shape index (κ3) is 5.48. The number of anilines is 1. The molecule has 3 aliphatic rings. The summed E-state index contributed by atoms with van der Waals surface area (Å²) >= 11 is 1.39.